The molecule has 0 spiro atoms. The van der Waals surface area contributed by atoms with E-state index in [1.807, 2.05) is 13.0 Å². The number of hydrogen-bond donors (Lipinski definition) is 1. The summed E-state index contributed by atoms with van der Waals surface area (Å²) >= 11 is 6.21. The van der Waals surface area contributed by atoms with Crippen LogP contribution in [0.5, 0.6) is 11.5 Å². The molecule has 0 radical (unpaired) electrons. The molecule has 24 heavy (non-hydrogen) atoms. The van der Waals surface area contributed by atoms with Gasteiger partial charge in [0.05, 0.1) is 28.8 Å². The molecular weight excluding hydrogens is 350 g/mol. The summed E-state index contributed by atoms with van der Waals surface area (Å²) < 4.78 is 39.0. The van der Waals surface area contributed by atoms with Crippen molar-refractivity contribution in [3.63, 3.8) is 0 Å². The predicted octanol–water partition coefficient (Wildman–Crippen LogP) is 3.92. The molecule has 2 aromatic rings. The lowest BCUT2D eigenvalue weighted by molar-refractivity contribution is 0.297. The topological polar surface area (TPSA) is 64.6 Å². The van der Waals surface area contributed by atoms with Crippen LogP contribution in [0.2, 0.25) is 5.02 Å². The maximum atomic E-state index is 12.7. The highest BCUT2D eigenvalue weighted by Crippen LogP contribution is 2.38. The van der Waals surface area contributed by atoms with Gasteiger partial charge in [0.2, 0.25) is 0 Å². The highest BCUT2D eigenvalue weighted by molar-refractivity contribution is 7.92. The zero-order valence-electron chi connectivity index (χ0n) is 13.4. The van der Waals surface area contributed by atoms with Crippen LogP contribution >= 0.6 is 11.6 Å². The van der Waals surface area contributed by atoms with E-state index in [-0.39, 0.29) is 15.6 Å². The number of hydrogen-bond acceptors (Lipinski definition) is 4. The molecule has 2 aromatic carbocycles. The fourth-order valence-electron chi connectivity index (χ4n) is 2.56. The zero-order chi connectivity index (χ0) is 17.3. The first-order valence-electron chi connectivity index (χ1n) is 7.56. The van der Waals surface area contributed by atoms with Crippen LogP contribution in [0.1, 0.15) is 17.5 Å². The largest absolute Gasteiger partial charge is 0.490 e. The first kappa shape index (κ1) is 16.9. The Kier molecular flexibility index (Phi) is 4.60. The molecule has 0 aromatic heterocycles. The average Bonchev–Trinajstić information content (AvgIpc) is 2.72. The normalized spacial score (nSPS) is 14.1. The first-order valence-corrected chi connectivity index (χ1v) is 9.42. The number of halogens is 1. The molecule has 0 atom stereocenters. The lowest BCUT2D eigenvalue weighted by Gasteiger charge is -2.14. The molecule has 1 heterocycles. The van der Waals surface area contributed by atoms with Crippen molar-refractivity contribution < 1.29 is 17.9 Å². The summed E-state index contributed by atoms with van der Waals surface area (Å²) in [5.41, 5.74) is 1.94. The average molecular weight is 368 g/mol. The number of sulfonamides is 1. The van der Waals surface area contributed by atoms with E-state index in [1.54, 1.807) is 31.2 Å². The lowest BCUT2D eigenvalue weighted by atomic mass is 10.2. The van der Waals surface area contributed by atoms with Crippen molar-refractivity contribution >= 4 is 27.3 Å². The molecule has 5 nitrogen and oxygen atoms in total. The second-order valence-corrected chi connectivity index (χ2v) is 7.76. The minimum absolute atomic E-state index is 0.219. The Labute approximate surface area is 146 Å². The van der Waals surface area contributed by atoms with Gasteiger partial charge in [0.15, 0.2) is 11.5 Å². The number of fused-ring (bicyclic) bond motifs is 1. The smallest absolute Gasteiger partial charge is 0.262 e. The summed E-state index contributed by atoms with van der Waals surface area (Å²) in [6, 6.07) is 8.30. The van der Waals surface area contributed by atoms with E-state index >= 15 is 0 Å². The second kappa shape index (κ2) is 6.53. The van der Waals surface area contributed by atoms with Crippen LogP contribution in [0.4, 0.5) is 5.69 Å². The fraction of sp³-hybridized carbons (Fsp3) is 0.294. The summed E-state index contributed by atoms with van der Waals surface area (Å²) in [7, 11) is -3.75. The SMILES string of the molecule is Cc1ccc(S(=O)(=O)Nc2cc3c(cc2Cl)OCCCO3)c(C)c1. The van der Waals surface area contributed by atoms with Crippen LogP contribution in [-0.4, -0.2) is 21.6 Å². The molecule has 0 fully saturated rings. The van der Waals surface area contributed by atoms with Crippen LogP contribution in [-0.2, 0) is 10.0 Å². The molecule has 0 saturated heterocycles. The summed E-state index contributed by atoms with van der Waals surface area (Å²) in [5.74, 6) is 1.00. The Morgan fingerprint density at radius 3 is 2.38 bits per heavy atom. The maximum Gasteiger partial charge on any atom is 0.262 e. The van der Waals surface area contributed by atoms with Crippen molar-refractivity contribution in [1.82, 2.24) is 0 Å². The Hall–Kier alpha value is -1.92. The number of benzene rings is 2. The van der Waals surface area contributed by atoms with Gasteiger partial charge in [0.1, 0.15) is 0 Å². The molecule has 0 amide bonds. The van der Waals surface area contributed by atoms with Crippen LogP contribution in [0.15, 0.2) is 35.2 Å². The van der Waals surface area contributed by atoms with Crippen LogP contribution in [0.25, 0.3) is 0 Å². The van der Waals surface area contributed by atoms with Crippen molar-refractivity contribution in [1.29, 1.82) is 0 Å². The molecule has 1 aliphatic heterocycles. The molecule has 3 rings (SSSR count). The molecule has 0 aliphatic carbocycles. The van der Waals surface area contributed by atoms with E-state index in [2.05, 4.69) is 4.72 Å². The van der Waals surface area contributed by atoms with E-state index < -0.39 is 10.0 Å². The molecule has 7 heteroatoms. The van der Waals surface area contributed by atoms with Crippen molar-refractivity contribution in [2.75, 3.05) is 17.9 Å². The van der Waals surface area contributed by atoms with Crippen molar-refractivity contribution in [2.45, 2.75) is 25.2 Å². The predicted molar refractivity (Wildman–Crippen MR) is 93.8 cm³/mol. The Balaban J connectivity index is 1.96. The quantitative estimate of drug-likeness (QED) is 0.893. The highest BCUT2D eigenvalue weighted by Gasteiger charge is 2.21. The third kappa shape index (κ3) is 3.44. The lowest BCUT2D eigenvalue weighted by Crippen LogP contribution is -2.14. The molecule has 0 unspecified atom stereocenters. The standard InChI is InChI=1S/C17H18ClNO4S/c1-11-4-5-17(12(2)8-11)24(20,21)19-14-10-16-15(9-13(14)18)22-6-3-7-23-16/h4-5,8-10,19H,3,6-7H2,1-2H3. The van der Waals surface area contributed by atoms with Gasteiger partial charge in [-0.05, 0) is 25.5 Å². The van der Waals surface area contributed by atoms with Gasteiger partial charge in [0, 0.05) is 18.6 Å². The summed E-state index contributed by atoms with van der Waals surface area (Å²) in [6.45, 7) is 4.73. The Bertz CT molecular complexity index is 880. The van der Waals surface area contributed by atoms with E-state index in [0.717, 1.165) is 12.0 Å². The summed E-state index contributed by atoms with van der Waals surface area (Å²) in [6.07, 6.45) is 0.760. The number of aryl methyl sites for hydroxylation is 2. The second-order valence-electron chi connectivity index (χ2n) is 5.70. The summed E-state index contributed by atoms with van der Waals surface area (Å²) in [4.78, 5) is 0.219. The van der Waals surface area contributed by atoms with Gasteiger partial charge in [-0.1, -0.05) is 29.3 Å². The molecular formula is C17H18ClNO4S. The van der Waals surface area contributed by atoms with Gasteiger partial charge in [-0.3, -0.25) is 4.72 Å². The van der Waals surface area contributed by atoms with Gasteiger partial charge in [0.25, 0.3) is 10.0 Å². The first-order chi connectivity index (χ1) is 11.4. The minimum atomic E-state index is -3.75. The summed E-state index contributed by atoms with van der Waals surface area (Å²) in [5, 5.41) is 0.257. The monoisotopic (exact) mass is 367 g/mol. The van der Waals surface area contributed by atoms with E-state index in [0.29, 0.717) is 30.3 Å². The number of ether oxygens (including phenoxy) is 2. The van der Waals surface area contributed by atoms with Crippen LogP contribution < -0.4 is 14.2 Å². The molecule has 0 saturated carbocycles. The molecule has 1 N–H and O–H groups in total. The number of nitrogens with one attached hydrogen (secondary N) is 1. The fourth-order valence-corrected chi connectivity index (χ4v) is 4.12. The van der Waals surface area contributed by atoms with Gasteiger partial charge < -0.3 is 9.47 Å². The van der Waals surface area contributed by atoms with Gasteiger partial charge >= 0.3 is 0 Å². The zero-order valence-corrected chi connectivity index (χ0v) is 15.0. The van der Waals surface area contributed by atoms with Gasteiger partial charge in [-0.25, -0.2) is 8.42 Å². The Morgan fingerprint density at radius 1 is 1.04 bits per heavy atom. The van der Waals surface area contributed by atoms with Crippen LogP contribution in [0.3, 0.4) is 0 Å². The maximum absolute atomic E-state index is 12.7. The van der Waals surface area contributed by atoms with Crippen LogP contribution in [0, 0.1) is 13.8 Å². The van der Waals surface area contributed by atoms with Crippen molar-refractivity contribution in [2.24, 2.45) is 0 Å². The molecule has 128 valence electrons. The van der Waals surface area contributed by atoms with Gasteiger partial charge in [-0.2, -0.15) is 0 Å². The van der Waals surface area contributed by atoms with E-state index in [4.69, 9.17) is 21.1 Å². The highest BCUT2D eigenvalue weighted by atomic mass is 35.5. The molecule has 0 bridgehead atoms. The third-order valence-corrected chi connectivity index (χ3v) is 5.54. The number of anilines is 1. The number of rotatable bonds is 3. The van der Waals surface area contributed by atoms with E-state index in [9.17, 15) is 8.42 Å². The Morgan fingerprint density at radius 2 is 1.71 bits per heavy atom. The van der Waals surface area contributed by atoms with E-state index in [1.165, 1.54) is 0 Å². The minimum Gasteiger partial charge on any atom is -0.490 e. The van der Waals surface area contributed by atoms with Crippen molar-refractivity contribution in [3.8, 4) is 11.5 Å². The third-order valence-electron chi connectivity index (χ3n) is 3.70. The molecule has 1 aliphatic rings. The van der Waals surface area contributed by atoms with Crippen molar-refractivity contribution in [3.05, 3.63) is 46.5 Å². The van der Waals surface area contributed by atoms with Gasteiger partial charge in [-0.15, -0.1) is 0 Å².